The first kappa shape index (κ1) is 17.9. The van der Waals surface area contributed by atoms with E-state index in [1.807, 2.05) is 12.1 Å². The van der Waals surface area contributed by atoms with Gasteiger partial charge in [-0.25, -0.2) is 4.39 Å². The summed E-state index contributed by atoms with van der Waals surface area (Å²) in [5, 5.41) is 10.4. The lowest BCUT2D eigenvalue weighted by atomic mass is 10.0. The standard InChI is InChI=1S/C19H20ClFN2O2/c20-16-3-6-19(24)15(11-16)12-22-13-18(23-7-9-25-10-8-23)14-1-4-17(21)5-2-14/h1-6,11-12,18,24H,7-10,13H2/p+1/t18-/m0/s1. The maximum atomic E-state index is 13.3. The summed E-state index contributed by atoms with van der Waals surface area (Å²) in [6, 6.07) is 11.6. The fourth-order valence-corrected chi connectivity index (χ4v) is 3.21. The number of nitrogens with zero attached hydrogens (tertiary/aromatic N) is 1. The van der Waals surface area contributed by atoms with Gasteiger partial charge >= 0.3 is 0 Å². The molecule has 4 nitrogen and oxygen atoms in total. The normalized spacial score (nSPS) is 17.0. The van der Waals surface area contributed by atoms with Crippen molar-refractivity contribution in [3.05, 3.63) is 64.4 Å². The maximum absolute atomic E-state index is 13.3. The molecule has 1 aliphatic rings. The molecule has 6 heteroatoms. The minimum atomic E-state index is -0.244. The van der Waals surface area contributed by atoms with E-state index in [4.69, 9.17) is 16.3 Å². The smallest absolute Gasteiger partial charge is 0.133 e. The van der Waals surface area contributed by atoms with Crippen LogP contribution in [0.4, 0.5) is 4.39 Å². The van der Waals surface area contributed by atoms with Crippen LogP contribution in [0.2, 0.25) is 5.02 Å². The van der Waals surface area contributed by atoms with Crippen LogP contribution in [0.3, 0.4) is 0 Å². The van der Waals surface area contributed by atoms with Crippen molar-refractivity contribution in [2.24, 2.45) is 4.99 Å². The third kappa shape index (κ3) is 4.78. The van der Waals surface area contributed by atoms with E-state index in [0.29, 0.717) is 30.3 Å². The molecular weight excluding hydrogens is 343 g/mol. The number of quaternary nitrogens is 1. The van der Waals surface area contributed by atoms with Gasteiger partial charge in [0.15, 0.2) is 0 Å². The number of nitrogens with one attached hydrogen (secondary N) is 1. The highest BCUT2D eigenvalue weighted by molar-refractivity contribution is 6.30. The molecule has 0 aromatic heterocycles. The van der Waals surface area contributed by atoms with Crippen molar-refractivity contribution < 1.29 is 19.1 Å². The van der Waals surface area contributed by atoms with Gasteiger partial charge < -0.3 is 14.7 Å². The lowest BCUT2D eigenvalue weighted by Crippen LogP contribution is -3.14. The Morgan fingerprint density at radius 3 is 2.64 bits per heavy atom. The fraction of sp³-hybridized carbons (Fsp3) is 0.316. The van der Waals surface area contributed by atoms with Crippen LogP contribution in [0.25, 0.3) is 0 Å². The molecule has 0 radical (unpaired) electrons. The Hall–Kier alpha value is -1.95. The molecule has 0 amide bonds. The number of hydrogen-bond donors (Lipinski definition) is 2. The van der Waals surface area contributed by atoms with Gasteiger partial charge in [0.05, 0.1) is 19.8 Å². The number of phenols is 1. The van der Waals surface area contributed by atoms with E-state index in [1.165, 1.54) is 17.0 Å². The SMILES string of the molecule is Oc1ccc(Cl)cc1C=NC[C@@H](c1ccc(F)cc1)[NH+]1CCOCC1. The minimum absolute atomic E-state index is 0.113. The van der Waals surface area contributed by atoms with E-state index in [0.717, 1.165) is 18.7 Å². The monoisotopic (exact) mass is 363 g/mol. The van der Waals surface area contributed by atoms with Gasteiger partial charge in [0, 0.05) is 22.4 Å². The highest BCUT2D eigenvalue weighted by Gasteiger charge is 2.26. The van der Waals surface area contributed by atoms with Gasteiger partial charge in [0.25, 0.3) is 0 Å². The second-order valence-electron chi connectivity index (χ2n) is 6.07. The van der Waals surface area contributed by atoms with Crippen molar-refractivity contribution in [3.8, 4) is 5.75 Å². The molecule has 2 aromatic carbocycles. The number of ether oxygens (including phenoxy) is 1. The summed E-state index contributed by atoms with van der Waals surface area (Å²) in [4.78, 5) is 5.88. The van der Waals surface area contributed by atoms with Crippen molar-refractivity contribution in [3.63, 3.8) is 0 Å². The van der Waals surface area contributed by atoms with Crippen LogP contribution >= 0.6 is 11.6 Å². The van der Waals surface area contributed by atoms with Crippen LogP contribution in [0.5, 0.6) is 5.75 Å². The van der Waals surface area contributed by atoms with Crippen LogP contribution in [-0.4, -0.2) is 44.2 Å². The number of phenolic OH excluding ortho intramolecular Hbond substituents is 1. The first-order valence-electron chi connectivity index (χ1n) is 8.29. The average molecular weight is 364 g/mol. The molecule has 0 bridgehead atoms. The van der Waals surface area contributed by atoms with E-state index < -0.39 is 0 Å². The highest BCUT2D eigenvalue weighted by atomic mass is 35.5. The van der Waals surface area contributed by atoms with E-state index in [9.17, 15) is 9.50 Å². The fourth-order valence-electron chi connectivity index (χ4n) is 3.03. The summed E-state index contributed by atoms with van der Waals surface area (Å²) in [5.74, 6) is -0.1000. The number of benzene rings is 2. The zero-order valence-electron chi connectivity index (χ0n) is 13.8. The Balaban J connectivity index is 1.78. The molecule has 0 unspecified atom stereocenters. The number of aromatic hydroxyl groups is 1. The molecule has 3 rings (SSSR count). The predicted octanol–water partition coefficient (Wildman–Crippen LogP) is 2.26. The van der Waals surface area contributed by atoms with Crippen molar-refractivity contribution in [1.29, 1.82) is 0 Å². The first-order chi connectivity index (χ1) is 12.1. The topological polar surface area (TPSA) is 46.3 Å². The molecule has 1 fully saturated rings. The van der Waals surface area contributed by atoms with E-state index >= 15 is 0 Å². The number of halogens is 2. The molecule has 1 aliphatic heterocycles. The van der Waals surface area contributed by atoms with Crippen molar-refractivity contribution in [1.82, 2.24) is 0 Å². The predicted molar refractivity (Wildman–Crippen MR) is 96.2 cm³/mol. The van der Waals surface area contributed by atoms with Gasteiger partial charge in [-0.1, -0.05) is 23.7 Å². The molecular formula is C19H21ClFN2O2+. The van der Waals surface area contributed by atoms with E-state index in [-0.39, 0.29) is 17.6 Å². The summed E-state index contributed by atoms with van der Waals surface area (Å²) in [6.45, 7) is 3.74. The molecule has 1 heterocycles. The summed E-state index contributed by atoms with van der Waals surface area (Å²) >= 11 is 5.96. The van der Waals surface area contributed by atoms with Crippen LogP contribution in [0.15, 0.2) is 47.5 Å². The Morgan fingerprint density at radius 1 is 1.20 bits per heavy atom. The summed E-state index contributed by atoms with van der Waals surface area (Å²) in [6.07, 6.45) is 1.64. The second-order valence-corrected chi connectivity index (χ2v) is 6.51. The Kier molecular flexibility index (Phi) is 6.02. The van der Waals surface area contributed by atoms with E-state index in [1.54, 1.807) is 24.4 Å². The van der Waals surface area contributed by atoms with Crippen LogP contribution < -0.4 is 4.90 Å². The Morgan fingerprint density at radius 2 is 1.92 bits per heavy atom. The van der Waals surface area contributed by atoms with Gasteiger partial charge in [-0.3, -0.25) is 4.99 Å². The van der Waals surface area contributed by atoms with Crippen LogP contribution in [0.1, 0.15) is 17.2 Å². The van der Waals surface area contributed by atoms with Crippen molar-refractivity contribution >= 4 is 17.8 Å². The number of morpholine rings is 1. The summed E-state index contributed by atoms with van der Waals surface area (Å²) in [7, 11) is 0. The van der Waals surface area contributed by atoms with Crippen molar-refractivity contribution in [2.45, 2.75) is 6.04 Å². The highest BCUT2D eigenvalue weighted by Crippen LogP contribution is 2.20. The third-order valence-electron chi connectivity index (χ3n) is 4.41. The van der Waals surface area contributed by atoms with Crippen LogP contribution in [-0.2, 0) is 4.74 Å². The summed E-state index contributed by atoms with van der Waals surface area (Å²) in [5.41, 5.74) is 1.63. The lowest BCUT2D eigenvalue weighted by molar-refractivity contribution is -0.937. The van der Waals surface area contributed by atoms with Crippen LogP contribution in [0, 0.1) is 5.82 Å². The minimum Gasteiger partial charge on any atom is -0.507 e. The molecule has 1 atom stereocenters. The second kappa shape index (κ2) is 8.43. The average Bonchev–Trinajstić information content (AvgIpc) is 2.63. The first-order valence-corrected chi connectivity index (χ1v) is 8.67. The molecule has 25 heavy (non-hydrogen) atoms. The molecule has 132 valence electrons. The number of rotatable bonds is 5. The zero-order chi connectivity index (χ0) is 17.6. The Bertz CT molecular complexity index is 731. The van der Waals surface area contributed by atoms with Gasteiger partial charge in [-0.15, -0.1) is 0 Å². The molecule has 0 spiro atoms. The van der Waals surface area contributed by atoms with Gasteiger partial charge in [-0.2, -0.15) is 0 Å². The van der Waals surface area contributed by atoms with Gasteiger partial charge in [-0.05, 0) is 30.3 Å². The zero-order valence-corrected chi connectivity index (χ0v) is 14.5. The summed E-state index contributed by atoms with van der Waals surface area (Å²) < 4.78 is 18.7. The van der Waals surface area contributed by atoms with Gasteiger partial charge in [0.1, 0.15) is 30.7 Å². The Labute approximate surface area is 151 Å². The third-order valence-corrected chi connectivity index (χ3v) is 4.64. The van der Waals surface area contributed by atoms with Crippen molar-refractivity contribution in [2.75, 3.05) is 32.8 Å². The van der Waals surface area contributed by atoms with E-state index in [2.05, 4.69) is 4.99 Å². The molecule has 0 aliphatic carbocycles. The maximum Gasteiger partial charge on any atom is 0.133 e. The molecule has 1 saturated heterocycles. The molecule has 2 aromatic rings. The molecule has 0 saturated carbocycles. The largest absolute Gasteiger partial charge is 0.507 e. The number of hydrogen-bond acceptors (Lipinski definition) is 3. The number of aliphatic imine (C=N–C) groups is 1. The quantitative estimate of drug-likeness (QED) is 0.800. The lowest BCUT2D eigenvalue weighted by Gasteiger charge is -2.31. The van der Waals surface area contributed by atoms with Gasteiger partial charge in [0.2, 0.25) is 0 Å². The molecule has 2 N–H and O–H groups in total.